The number of aliphatic hydroxyl groups is 1. The first-order valence-corrected chi connectivity index (χ1v) is 8.86. The molecule has 0 saturated carbocycles. The lowest BCUT2D eigenvalue weighted by molar-refractivity contribution is -0.138. The zero-order valence-corrected chi connectivity index (χ0v) is 15.4. The summed E-state index contributed by atoms with van der Waals surface area (Å²) in [6.07, 6.45) is 2.18. The van der Waals surface area contributed by atoms with Gasteiger partial charge in [-0.05, 0) is 35.2 Å². The van der Waals surface area contributed by atoms with E-state index in [0.717, 1.165) is 29.5 Å². The third-order valence-corrected chi connectivity index (χ3v) is 4.95. The third kappa shape index (κ3) is 2.90. The van der Waals surface area contributed by atoms with Crippen molar-refractivity contribution in [2.45, 2.75) is 31.8 Å². The summed E-state index contributed by atoms with van der Waals surface area (Å²) in [6.45, 7) is 2.06. The van der Waals surface area contributed by atoms with Crippen LogP contribution >= 0.6 is 0 Å². The molecule has 1 aliphatic rings. The van der Waals surface area contributed by atoms with Gasteiger partial charge >= 0.3 is 5.97 Å². The average Bonchev–Trinajstić information content (AvgIpc) is 2.95. The van der Waals surface area contributed by atoms with E-state index < -0.39 is 11.6 Å². The van der Waals surface area contributed by atoms with Gasteiger partial charge in [0.1, 0.15) is 11.4 Å². The number of esters is 1. The Morgan fingerprint density at radius 1 is 1.12 bits per heavy atom. The summed E-state index contributed by atoms with van der Waals surface area (Å²) >= 11 is 0. The van der Waals surface area contributed by atoms with Gasteiger partial charge in [0.15, 0.2) is 0 Å². The van der Waals surface area contributed by atoms with Crippen molar-refractivity contribution in [3.05, 3.63) is 70.8 Å². The fraction of sp³-hybridized carbons (Fsp3) is 0.318. The third-order valence-electron chi connectivity index (χ3n) is 4.95. The van der Waals surface area contributed by atoms with Gasteiger partial charge in [0, 0.05) is 5.57 Å². The molecule has 0 aliphatic heterocycles. The monoisotopic (exact) mass is 352 g/mol. The van der Waals surface area contributed by atoms with E-state index in [9.17, 15) is 9.90 Å². The molecule has 1 atom stereocenters. The Bertz CT molecular complexity index is 838. The summed E-state index contributed by atoms with van der Waals surface area (Å²) < 4.78 is 10.4. The van der Waals surface area contributed by atoms with Crippen LogP contribution in [0.5, 0.6) is 5.75 Å². The lowest BCUT2D eigenvalue weighted by Crippen LogP contribution is -2.31. The van der Waals surface area contributed by atoms with Crippen LogP contribution < -0.4 is 4.74 Å². The van der Waals surface area contributed by atoms with E-state index >= 15 is 0 Å². The zero-order chi connectivity index (χ0) is 18.7. The predicted molar refractivity (Wildman–Crippen MR) is 101 cm³/mol. The van der Waals surface area contributed by atoms with Crippen LogP contribution in [-0.4, -0.2) is 25.3 Å². The molecule has 0 amide bonds. The van der Waals surface area contributed by atoms with Crippen molar-refractivity contribution < 1.29 is 19.4 Å². The van der Waals surface area contributed by atoms with Crippen LogP contribution in [0.2, 0.25) is 0 Å². The first kappa shape index (κ1) is 18.2. The van der Waals surface area contributed by atoms with Crippen molar-refractivity contribution >= 4 is 11.5 Å². The molecule has 0 radical (unpaired) electrons. The van der Waals surface area contributed by atoms with Crippen LogP contribution in [0.15, 0.2) is 54.1 Å². The number of hydrogen-bond acceptors (Lipinski definition) is 4. The number of rotatable bonds is 6. The summed E-state index contributed by atoms with van der Waals surface area (Å²) in [7, 11) is 2.95. The molecule has 4 nitrogen and oxygen atoms in total. The van der Waals surface area contributed by atoms with E-state index in [4.69, 9.17) is 9.47 Å². The summed E-state index contributed by atoms with van der Waals surface area (Å²) in [5, 5.41) is 11.6. The Morgan fingerprint density at radius 2 is 1.85 bits per heavy atom. The molecular formula is C22H24O4. The van der Waals surface area contributed by atoms with Gasteiger partial charge in [-0.25, -0.2) is 4.79 Å². The van der Waals surface area contributed by atoms with E-state index in [0.29, 0.717) is 23.3 Å². The van der Waals surface area contributed by atoms with Gasteiger partial charge in [-0.15, -0.1) is 0 Å². The number of carbonyl (C=O) groups is 1. The Balaban J connectivity index is 2.32. The minimum absolute atomic E-state index is 0.308. The minimum atomic E-state index is -1.37. The summed E-state index contributed by atoms with van der Waals surface area (Å²) in [5.41, 5.74) is 2.07. The maximum absolute atomic E-state index is 12.7. The quantitative estimate of drug-likeness (QED) is 0.797. The molecule has 4 heteroatoms. The molecule has 2 aromatic rings. The van der Waals surface area contributed by atoms with Crippen molar-refractivity contribution in [2.75, 3.05) is 14.2 Å². The molecule has 3 rings (SSSR count). The molecule has 1 N–H and O–H groups in total. The zero-order valence-electron chi connectivity index (χ0n) is 15.4. The van der Waals surface area contributed by atoms with Gasteiger partial charge in [-0.2, -0.15) is 0 Å². The van der Waals surface area contributed by atoms with E-state index in [2.05, 4.69) is 6.92 Å². The van der Waals surface area contributed by atoms with Gasteiger partial charge in [-0.3, -0.25) is 0 Å². The maximum Gasteiger partial charge on any atom is 0.337 e. The SMILES string of the molecule is CCCCC1(O)C(C(=O)OC)=C(c2ccccc2)c2cc(OC)ccc21. The van der Waals surface area contributed by atoms with Crippen LogP contribution in [0.3, 0.4) is 0 Å². The highest BCUT2D eigenvalue weighted by Gasteiger charge is 2.47. The fourth-order valence-electron chi connectivity index (χ4n) is 3.66. The van der Waals surface area contributed by atoms with E-state index in [-0.39, 0.29) is 0 Å². The maximum atomic E-state index is 12.7. The van der Waals surface area contributed by atoms with Crippen LogP contribution in [0.25, 0.3) is 5.57 Å². The summed E-state index contributed by atoms with van der Waals surface area (Å²) in [6, 6.07) is 15.2. The van der Waals surface area contributed by atoms with Crippen LogP contribution in [0.4, 0.5) is 0 Å². The van der Waals surface area contributed by atoms with Crippen molar-refractivity contribution in [3.63, 3.8) is 0 Å². The lowest BCUT2D eigenvalue weighted by atomic mass is 9.85. The molecule has 1 unspecified atom stereocenters. The fourth-order valence-corrected chi connectivity index (χ4v) is 3.66. The molecule has 0 heterocycles. The standard InChI is InChI=1S/C22H24O4/c1-4-5-13-22(24)18-12-11-16(25-2)14-17(18)19(20(22)21(23)26-3)15-9-7-6-8-10-15/h6-12,14,24H,4-5,13H2,1-3H3. The van der Waals surface area contributed by atoms with E-state index in [1.165, 1.54) is 7.11 Å². The van der Waals surface area contributed by atoms with Crippen molar-refractivity contribution in [1.82, 2.24) is 0 Å². The first-order valence-electron chi connectivity index (χ1n) is 8.86. The predicted octanol–water partition coefficient (Wildman–Crippen LogP) is 4.06. The van der Waals surface area contributed by atoms with Crippen molar-refractivity contribution in [3.8, 4) is 5.75 Å². The average molecular weight is 352 g/mol. The van der Waals surface area contributed by atoms with Crippen LogP contribution in [-0.2, 0) is 15.1 Å². The number of fused-ring (bicyclic) bond motifs is 1. The van der Waals surface area contributed by atoms with Gasteiger partial charge in [0.25, 0.3) is 0 Å². The molecule has 136 valence electrons. The molecule has 0 aromatic heterocycles. The Hall–Kier alpha value is -2.59. The first-order chi connectivity index (χ1) is 12.6. The molecular weight excluding hydrogens is 328 g/mol. The molecule has 2 aromatic carbocycles. The Labute approximate surface area is 154 Å². The molecule has 26 heavy (non-hydrogen) atoms. The largest absolute Gasteiger partial charge is 0.497 e. The summed E-state index contributed by atoms with van der Waals surface area (Å²) in [4.78, 5) is 12.7. The number of hydrogen-bond donors (Lipinski definition) is 1. The minimum Gasteiger partial charge on any atom is -0.497 e. The smallest absolute Gasteiger partial charge is 0.337 e. The number of benzene rings is 2. The number of methoxy groups -OCH3 is 2. The van der Waals surface area contributed by atoms with Gasteiger partial charge in [0.05, 0.1) is 19.8 Å². The van der Waals surface area contributed by atoms with Crippen molar-refractivity contribution in [2.24, 2.45) is 0 Å². The second-order valence-corrected chi connectivity index (χ2v) is 6.48. The van der Waals surface area contributed by atoms with Crippen LogP contribution in [0.1, 0.15) is 42.9 Å². The molecule has 0 saturated heterocycles. The highest BCUT2D eigenvalue weighted by molar-refractivity contribution is 6.07. The van der Waals surface area contributed by atoms with Crippen molar-refractivity contribution in [1.29, 1.82) is 0 Å². The second kappa shape index (κ2) is 7.34. The topological polar surface area (TPSA) is 55.8 Å². The van der Waals surface area contributed by atoms with E-state index in [1.807, 2.05) is 48.5 Å². The molecule has 0 spiro atoms. The number of unbranched alkanes of at least 4 members (excludes halogenated alkanes) is 1. The Kier molecular flexibility index (Phi) is 5.14. The van der Waals surface area contributed by atoms with Gasteiger partial charge in [-0.1, -0.05) is 56.2 Å². The highest BCUT2D eigenvalue weighted by Crippen LogP contribution is 2.51. The molecule has 1 aliphatic carbocycles. The number of carbonyl (C=O) groups excluding carboxylic acids is 1. The molecule has 0 fully saturated rings. The lowest BCUT2D eigenvalue weighted by Gasteiger charge is -2.27. The van der Waals surface area contributed by atoms with Crippen LogP contribution in [0, 0.1) is 0 Å². The van der Waals surface area contributed by atoms with E-state index in [1.54, 1.807) is 7.11 Å². The second-order valence-electron chi connectivity index (χ2n) is 6.48. The molecule has 0 bridgehead atoms. The Morgan fingerprint density at radius 3 is 2.46 bits per heavy atom. The number of ether oxygens (including phenoxy) is 2. The normalized spacial score (nSPS) is 18.6. The van der Waals surface area contributed by atoms with Gasteiger partial charge in [0.2, 0.25) is 0 Å². The summed E-state index contributed by atoms with van der Waals surface area (Å²) in [5.74, 6) is 0.179. The highest BCUT2D eigenvalue weighted by atomic mass is 16.5. The van der Waals surface area contributed by atoms with Gasteiger partial charge < -0.3 is 14.6 Å².